The Labute approximate surface area is 135 Å². The van der Waals surface area contributed by atoms with Crippen molar-refractivity contribution in [3.63, 3.8) is 0 Å². The minimum atomic E-state index is 0.521. The van der Waals surface area contributed by atoms with Crippen molar-refractivity contribution in [1.82, 2.24) is 9.97 Å². The number of rotatable bonds is 6. The molecule has 0 saturated carbocycles. The second-order valence-electron chi connectivity index (χ2n) is 4.93. The van der Waals surface area contributed by atoms with Crippen LogP contribution in [0.5, 0.6) is 5.75 Å². The van der Waals surface area contributed by atoms with Gasteiger partial charge in [-0.2, -0.15) is 4.98 Å². The number of anilines is 3. The largest absolute Gasteiger partial charge is 0.495 e. The molecule has 5 heteroatoms. The highest BCUT2D eigenvalue weighted by molar-refractivity contribution is 5.62. The van der Waals surface area contributed by atoms with Crippen molar-refractivity contribution in [3.05, 3.63) is 72.4 Å². The predicted octanol–water partition coefficient (Wildman–Crippen LogP) is 3.84. The Bertz CT molecular complexity index is 762. The molecule has 0 fully saturated rings. The van der Waals surface area contributed by atoms with Gasteiger partial charge in [0.05, 0.1) is 12.8 Å². The Morgan fingerprint density at radius 2 is 1.74 bits per heavy atom. The van der Waals surface area contributed by atoms with Crippen molar-refractivity contribution < 1.29 is 4.74 Å². The lowest BCUT2D eigenvalue weighted by Crippen LogP contribution is -2.04. The Kier molecular flexibility index (Phi) is 4.69. The summed E-state index contributed by atoms with van der Waals surface area (Å²) in [5.74, 6) is 2.03. The highest BCUT2D eigenvalue weighted by atomic mass is 16.5. The van der Waals surface area contributed by atoms with Gasteiger partial charge in [0.25, 0.3) is 0 Å². The Morgan fingerprint density at radius 3 is 2.57 bits per heavy atom. The van der Waals surface area contributed by atoms with Crippen LogP contribution in [0.25, 0.3) is 0 Å². The first-order valence-corrected chi connectivity index (χ1v) is 7.36. The fourth-order valence-electron chi connectivity index (χ4n) is 2.17. The Hall–Kier alpha value is -3.08. The number of nitrogens with zero attached hydrogens (tertiary/aromatic N) is 2. The monoisotopic (exact) mass is 306 g/mol. The molecule has 3 aromatic rings. The molecular formula is C18H18N4O. The van der Waals surface area contributed by atoms with Crippen molar-refractivity contribution in [2.75, 3.05) is 17.7 Å². The topological polar surface area (TPSA) is 59.1 Å². The van der Waals surface area contributed by atoms with Crippen LogP contribution in [-0.2, 0) is 6.54 Å². The van der Waals surface area contributed by atoms with E-state index in [-0.39, 0.29) is 0 Å². The van der Waals surface area contributed by atoms with Crippen LogP contribution in [0.2, 0.25) is 0 Å². The summed E-state index contributed by atoms with van der Waals surface area (Å²) in [6, 6.07) is 19.7. The standard InChI is InChI=1S/C18H18N4O/c1-23-16-10-6-5-9-15(16)21-18-19-12-11-17(22-18)20-13-14-7-3-2-4-8-14/h2-12H,13H2,1H3,(H2,19,20,21,22). The summed E-state index contributed by atoms with van der Waals surface area (Å²) in [6.07, 6.45) is 1.72. The number of ether oxygens (including phenoxy) is 1. The van der Waals surface area contributed by atoms with Crippen LogP contribution in [0.3, 0.4) is 0 Å². The van der Waals surface area contributed by atoms with Crippen molar-refractivity contribution in [3.8, 4) is 5.75 Å². The third kappa shape index (κ3) is 3.97. The maximum Gasteiger partial charge on any atom is 0.229 e. The zero-order valence-corrected chi connectivity index (χ0v) is 12.9. The molecule has 1 aromatic heterocycles. The smallest absolute Gasteiger partial charge is 0.229 e. The van der Waals surface area contributed by atoms with Gasteiger partial charge in [-0.15, -0.1) is 0 Å². The van der Waals surface area contributed by atoms with E-state index in [9.17, 15) is 0 Å². The number of benzene rings is 2. The lowest BCUT2D eigenvalue weighted by molar-refractivity contribution is 0.417. The molecule has 0 aliphatic rings. The molecule has 2 N–H and O–H groups in total. The minimum absolute atomic E-state index is 0.521. The highest BCUT2D eigenvalue weighted by Crippen LogP contribution is 2.25. The van der Waals surface area contributed by atoms with Crippen LogP contribution < -0.4 is 15.4 Å². The first kappa shape index (κ1) is 14.8. The van der Waals surface area contributed by atoms with E-state index < -0.39 is 0 Å². The molecule has 0 aliphatic heterocycles. The van der Waals surface area contributed by atoms with Gasteiger partial charge in [-0.1, -0.05) is 42.5 Å². The molecule has 0 unspecified atom stereocenters. The van der Waals surface area contributed by atoms with Gasteiger partial charge < -0.3 is 15.4 Å². The summed E-state index contributed by atoms with van der Waals surface area (Å²) >= 11 is 0. The molecule has 116 valence electrons. The van der Waals surface area contributed by atoms with E-state index in [1.807, 2.05) is 48.5 Å². The molecule has 0 amide bonds. The molecule has 1 heterocycles. The van der Waals surface area contributed by atoms with E-state index >= 15 is 0 Å². The number of hydrogen-bond donors (Lipinski definition) is 2. The number of para-hydroxylation sites is 2. The van der Waals surface area contributed by atoms with Crippen LogP contribution in [0.1, 0.15) is 5.56 Å². The average molecular weight is 306 g/mol. The lowest BCUT2D eigenvalue weighted by atomic mass is 10.2. The molecule has 3 rings (SSSR count). The highest BCUT2D eigenvalue weighted by Gasteiger charge is 2.04. The van der Waals surface area contributed by atoms with Crippen LogP contribution in [-0.4, -0.2) is 17.1 Å². The van der Waals surface area contributed by atoms with Crippen LogP contribution in [0.4, 0.5) is 17.5 Å². The fraction of sp³-hybridized carbons (Fsp3) is 0.111. The molecular weight excluding hydrogens is 288 g/mol. The summed E-state index contributed by atoms with van der Waals surface area (Å²) in [4.78, 5) is 8.72. The van der Waals surface area contributed by atoms with Crippen molar-refractivity contribution in [2.24, 2.45) is 0 Å². The van der Waals surface area contributed by atoms with E-state index in [1.54, 1.807) is 13.3 Å². The SMILES string of the molecule is COc1ccccc1Nc1nccc(NCc2ccccc2)n1. The molecule has 5 nitrogen and oxygen atoms in total. The second-order valence-corrected chi connectivity index (χ2v) is 4.93. The maximum absolute atomic E-state index is 5.32. The van der Waals surface area contributed by atoms with Gasteiger partial charge in [0, 0.05) is 12.7 Å². The first-order chi connectivity index (χ1) is 11.3. The van der Waals surface area contributed by atoms with Crippen molar-refractivity contribution >= 4 is 17.5 Å². The molecule has 0 atom stereocenters. The zero-order valence-electron chi connectivity index (χ0n) is 12.9. The predicted molar refractivity (Wildman–Crippen MR) is 92.1 cm³/mol. The number of hydrogen-bond acceptors (Lipinski definition) is 5. The fourth-order valence-corrected chi connectivity index (χ4v) is 2.17. The normalized spacial score (nSPS) is 10.1. The van der Waals surface area contributed by atoms with Gasteiger partial charge in [-0.3, -0.25) is 0 Å². The lowest BCUT2D eigenvalue weighted by Gasteiger charge is -2.11. The molecule has 0 bridgehead atoms. The summed E-state index contributed by atoms with van der Waals surface area (Å²) in [6.45, 7) is 0.714. The molecule has 2 aromatic carbocycles. The zero-order chi connectivity index (χ0) is 15.9. The summed E-state index contributed by atoms with van der Waals surface area (Å²) in [7, 11) is 1.64. The molecule has 0 aliphatic carbocycles. The molecule has 0 spiro atoms. The van der Waals surface area contributed by atoms with E-state index in [0.29, 0.717) is 12.5 Å². The minimum Gasteiger partial charge on any atom is -0.495 e. The van der Waals surface area contributed by atoms with Crippen LogP contribution >= 0.6 is 0 Å². The Balaban J connectivity index is 1.70. The second kappa shape index (κ2) is 7.26. The van der Waals surface area contributed by atoms with Gasteiger partial charge in [-0.25, -0.2) is 4.98 Å². The van der Waals surface area contributed by atoms with Crippen molar-refractivity contribution in [2.45, 2.75) is 6.54 Å². The van der Waals surface area contributed by atoms with Crippen LogP contribution in [0, 0.1) is 0 Å². The first-order valence-electron chi connectivity index (χ1n) is 7.36. The molecule has 0 radical (unpaired) electrons. The summed E-state index contributed by atoms with van der Waals surface area (Å²) in [5, 5.41) is 6.47. The molecule has 23 heavy (non-hydrogen) atoms. The van der Waals surface area contributed by atoms with Gasteiger partial charge >= 0.3 is 0 Å². The average Bonchev–Trinajstić information content (AvgIpc) is 2.62. The van der Waals surface area contributed by atoms with E-state index in [0.717, 1.165) is 17.3 Å². The summed E-state index contributed by atoms with van der Waals surface area (Å²) < 4.78 is 5.32. The number of methoxy groups -OCH3 is 1. The maximum atomic E-state index is 5.32. The van der Waals surface area contributed by atoms with Gasteiger partial charge in [-0.05, 0) is 23.8 Å². The van der Waals surface area contributed by atoms with Gasteiger partial charge in [0.2, 0.25) is 5.95 Å². The van der Waals surface area contributed by atoms with Crippen LogP contribution in [0.15, 0.2) is 66.9 Å². The molecule has 0 saturated heterocycles. The third-order valence-corrected chi connectivity index (χ3v) is 3.33. The van der Waals surface area contributed by atoms with E-state index in [1.165, 1.54) is 5.56 Å². The van der Waals surface area contributed by atoms with Gasteiger partial charge in [0.15, 0.2) is 0 Å². The number of aromatic nitrogens is 2. The van der Waals surface area contributed by atoms with E-state index in [2.05, 4.69) is 32.7 Å². The van der Waals surface area contributed by atoms with E-state index in [4.69, 9.17) is 4.74 Å². The summed E-state index contributed by atoms with van der Waals surface area (Å²) in [5.41, 5.74) is 2.03. The number of nitrogens with one attached hydrogen (secondary N) is 2. The Morgan fingerprint density at radius 1 is 0.957 bits per heavy atom. The van der Waals surface area contributed by atoms with Gasteiger partial charge in [0.1, 0.15) is 11.6 Å². The quantitative estimate of drug-likeness (QED) is 0.724. The third-order valence-electron chi connectivity index (χ3n) is 3.33. The van der Waals surface area contributed by atoms with Crippen molar-refractivity contribution in [1.29, 1.82) is 0 Å².